The van der Waals surface area contributed by atoms with Crippen LogP contribution >= 0.6 is 0 Å². The van der Waals surface area contributed by atoms with Crippen LogP contribution < -0.4 is 0 Å². The molecule has 0 amide bonds. The fourth-order valence-electron chi connectivity index (χ4n) is 3.48. The summed E-state index contributed by atoms with van der Waals surface area (Å²) in [5.74, 6) is 1.00. The lowest BCUT2D eigenvalue weighted by Gasteiger charge is -2.31. The first kappa shape index (κ1) is 14.0. The summed E-state index contributed by atoms with van der Waals surface area (Å²) in [6.45, 7) is 4.05. The van der Waals surface area contributed by atoms with Crippen molar-refractivity contribution in [3.8, 4) is 11.4 Å². The van der Waals surface area contributed by atoms with E-state index in [-0.39, 0.29) is 0 Å². The van der Waals surface area contributed by atoms with Gasteiger partial charge in [-0.25, -0.2) is 4.98 Å². The molecule has 0 saturated carbocycles. The van der Waals surface area contributed by atoms with E-state index in [1.165, 1.54) is 36.2 Å². The van der Waals surface area contributed by atoms with Gasteiger partial charge >= 0.3 is 0 Å². The van der Waals surface area contributed by atoms with Gasteiger partial charge in [0, 0.05) is 38.2 Å². The Morgan fingerprint density at radius 3 is 2.95 bits per heavy atom. The molecule has 2 aromatic rings. The van der Waals surface area contributed by atoms with Gasteiger partial charge in [-0.15, -0.1) is 0 Å². The molecule has 1 saturated heterocycles. The lowest BCUT2D eigenvalue weighted by molar-refractivity contribution is -0.00826. The fourth-order valence-corrected chi connectivity index (χ4v) is 3.48. The standard InChI is InChI=1S/C18H23N3O/c1-2-6-14(7-3-1)18-19-16-9-10-21(13-17(16)20-18)12-15-8-4-5-11-22-15/h1-3,6-7,15H,4-5,8-13H2,(H,19,20). The largest absolute Gasteiger partial charge is 0.377 e. The van der Waals surface area contributed by atoms with E-state index < -0.39 is 0 Å². The molecule has 4 heteroatoms. The molecule has 1 fully saturated rings. The Hall–Kier alpha value is -1.65. The Bertz CT molecular complexity index is 617. The summed E-state index contributed by atoms with van der Waals surface area (Å²) < 4.78 is 5.88. The Morgan fingerprint density at radius 2 is 2.14 bits per heavy atom. The molecule has 116 valence electrons. The third-order valence-corrected chi connectivity index (χ3v) is 4.69. The van der Waals surface area contributed by atoms with E-state index in [4.69, 9.17) is 9.72 Å². The second-order valence-electron chi connectivity index (χ2n) is 6.35. The van der Waals surface area contributed by atoms with Crippen molar-refractivity contribution < 1.29 is 4.74 Å². The molecular formula is C18H23N3O. The third kappa shape index (κ3) is 2.94. The van der Waals surface area contributed by atoms with Gasteiger partial charge in [0.1, 0.15) is 5.82 Å². The molecule has 22 heavy (non-hydrogen) atoms. The zero-order valence-electron chi connectivity index (χ0n) is 12.9. The second-order valence-corrected chi connectivity index (χ2v) is 6.35. The predicted octanol–water partition coefficient (Wildman–Crippen LogP) is 3.00. The first-order valence-corrected chi connectivity index (χ1v) is 8.35. The summed E-state index contributed by atoms with van der Waals surface area (Å²) in [6, 6.07) is 10.4. The van der Waals surface area contributed by atoms with Crippen molar-refractivity contribution in [2.24, 2.45) is 0 Å². The van der Waals surface area contributed by atoms with Crippen LogP contribution in [0.5, 0.6) is 0 Å². The van der Waals surface area contributed by atoms with E-state index in [9.17, 15) is 0 Å². The highest BCUT2D eigenvalue weighted by Gasteiger charge is 2.24. The van der Waals surface area contributed by atoms with Gasteiger partial charge in [0.25, 0.3) is 0 Å². The monoisotopic (exact) mass is 297 g/mol. The van der Waals surface area contributed by atoms with E-state index >= 15 is 0 Å². The maximum atomic E-state index is 5.88. The molecule has 1 atom stereocenters. The van der Waals surface area contributed by atoms with Crippen molar-refractivity contribution in [3.05, 3.63) is 41.7 Å². The first-order chi connectivity index (χ1) is 10.9. The summed E-state index contributed by atoms with van der Waals surface area (Å²) in [5.41, 5.74) is 3.68. The average molecular weight is 297 g/mol. The van der Waals surface area contributed by atoms with Gasteiger partial charge in [-0.05, 0) is 19.3 Å². The topological polar surface area (TPSA) is 41.2 Å². The maximum Gasteiger partial charge on any atom is 0.137 e. The maximum absolute atomic E-state index is 5.88. The fraction of sp³-hybridized carbons (Fsp3) is 0.500. The zero-order valence-corrected chi connectivity index (χ0v) is 12.9. The summed E-state index contributed by atoms with van der Waals surface area (Å²) in [6.07, 6.45) is 5.20. The van der Waals surface area contributed by atoms with Gasteiger partial charge in [0.15, 0.2) is 0 Å². The number of hydrogen-bond donors (Lipinski definition) is 1. The minimum atomic E-state index is 0.423. The van der Waals surface area contributed by atoms with Crippen LogP contribution in [-0.4, -0.2) is 40.7 Å². The highest BCUT2D eigenvalue weighted by atomic mass is 16.5. The van der Waals surface area contributed by atoms with Crippen molar-refractivity contribution in [2.75, 3.05) is 19.7 Å². The van der Waals surface area contributed by atoms with Gasteiger partial charge in [-0.3, -0.25) is 4.90 Å². The van der Waals surface area contributed by atoms with Crippen LogP contribution in [0.1, 0.15) is 30.7 Å². The van der Waals surface area contributed by atoms with Crippen LogP contribution in [0.2, 0.25) is 0 Å². The van der Waals surface area contributed by atoms with Crippen molar-refractivity contribution in [1.29, 1.82) is 0 Å². The van der Waals surface area contributed by atoms with Gasteiger partial charge in [-0.2, -0.15) is 0 Å². The molecule has 0 radical (unpaired) electrons. The molecule has 3 heterocycles. The minimum absolute atomic E-state index is 0.423. The Balaban J connectivity index is 1.45. The number of benzene rings is 1. The van der Waals surface area contributed by atoms with Crippen molar-refractivity contribution in [3.63, 3.8) is 0 Å². The van der Waals surface area contributed by atoms with Gasteiger partial charge in [0.2, 0.25) is 0 Å². The number of rotatable bonds is 3. The first-order valence-electron chi connectivity index (χ1n) is 8.35. The highest BCUT2D eigenvalue weighted by Crippen LogP contribution is 2.23. The molecule has 4 rings (SSSR count). The van der Waals surface area contributed by atoms with Crippen molar-refractivity contribution >= 4 is 0 Å². The zero-order chi connectivity index (χ0) is 14.8. The lowest BCUT2D eigenvalue weighted by atomic mass is 10.1. The summed E-state index contributed by atoms with van der Waals surface area (Å²) in [7, 11) is 0. The normalized spacial score (nSPS) is 22.5. The van der Waals surface area contributed by atoms with E-state index in [2.05, 4.69) is 34.1 Å². The Morgan fingerprint density at radius 1 is 1.23 bits per heavy atom. The van der Waals surface area contributed by atoms with Crippen molar-refractivity contribution in [1.82, 2.24) is 14.9 Å². The molecular weight excluding hydrogens is 274 g/mol. The molecule has 1 aromatic carbocycles. The smallest absolute Gasteiger partial charge is 0.137 e. The van der Waals surface area contributed by atoms with Crippen LogP contribution in [0.25, 0.3) is 11.4 Å². The number of imidazole rings is 1. The number of aromatic amines is 1. The average Bonchev–Trinajstić information content (AvgIpc) is 3.00. The lowest BCUT2D eigenvalue weighted by Crippen LogP contribution is -2.38. The van der Waals surface area contributed by atoms with E-state index in [1.54, 1.807) is 0 Å². The molecule has 4 nitrogen and oxygen atoms in total. The number of ether oxygens (including phenoxy) is 1. The number of aromatic nitrogens is 2. The Labute approximate surface area is 131 Å². The highest BCUT2D eigenvalue weighted by molar-refractivity contribution is 5.55. The molecule has 2 aliphatic rings. The van der Waals surface area contributed by atoms with Gasteiger partial charge in [0.05, 0.1) is 17.5 Å². The SMILES string of the molecule is c1ccc(-c2nc3c([nH]2)CN(CC2CCCCO2)CC3)cc1. The van der Waals surface area contributed by atoms with Crippen LogP contribution in [0.4, 0.5) is 0 Å². The number of hydrogen-bond acceptors (Lipinski definition) is 3. The number of fused-ring (bicyclic) bond motifs is 1. The van der Waals surface area contributed by atoms with E-state index in [1.807, 2.05) is 6.07 Å². The number of nitrogens with one attached hydrogen (secondary N) is 1. The third-order valence-electron chi connectivity index (χ3n) is 4.69. The number of H-pyrrole nitrogens is 1. The Kier molecular flexibility index (Phi) is 3.95. The summed E-state index contributed by atoms with van der Waals surface area (Å²) in [5, 5.41) is 0. The molecule has 1 N–H and O–H groups in total. The van der Waals surface area contributed by atoms with Crippen LogP contribution in [0.3, 0.4) is 0 Å². The van der Waals surface area contributed by atoms with Crippen LogP contribution in [-0.2, 0) is 17.7 Å². The molecule has 2 aliphatic heterocycles. The van der Waals surface area contributed by atoms with Crippen LogP contribution in [0.15, 0.2) is 30.3 Å². The minimum Gasteiger partial charge on any atom is -0.377 e. The second kappa shape index (κ2) is 6.23. The predicted molar refractivity (Wildman–Crippen MR) is 86.6 cm³/mol. The van der Waals surface area contributed by atoms with Crippen LogP contribution in [0, 0.1) is 0 Å². The molecule has 0 spiro atoms. The summed E-state index contributed by atoms with van der Waals surface area (Å²) >= 11 is 0. The van der Waals surface area contributed by atoms with Gasteiger partial charge < -0.3 is 9.72 Å². The van der Waals surface area contributed by atoms with E-state index in [0.717, 1.165) is 38.5 Å². The number of nitrogens with zero attached hydrogens (tertiary/aromatic N) is 2. The van der Waals surface area contributed by atoms with E-state index in [0.29, 0.717) is 6.10 Å². The molecule has 1 unspecified atom stereocenters. The van der Waals surface area contributed by atoms with Gasteiger partial charge in [-0.1, -0.05) is 30.3 Å². The molecule has 1 aromatic heterocycles. The molecule has 0 aliphatic carbocycles. The molecule has 0 bridgehead atoms. The quantitative estimate of drug-likeness (QED) is 0.947. The van der Waals surface area contributed by atoms with Crippen molar-refractivity contribution in [2.45, 2.75) is 38.3 Å². The summed E-state index contributed by atoms with van der Waals surface area (Å²) in [4.78, 5) is 10.8.